The number of aromatic nitrogens is 1. The Labute approximate surface area is 126 Å². The van der Waals surface area contributed by atoms with E-state index in [0.29, 0.717) is 23.5 Å². The van der Waals surface area contributed by atoms with Gasteiger partial charge in [-0.25, -0.2) is 22.2 Å². The van der Waals surface area contributed by atoms with Gasteiger partial charge in [-0.3, -0.25) is 9.52 Å². The topological polar surface area (TPSA) is 102 Å². The van der Waals surface area contributed by atoms with E-state index in [9.17, 15) is 22.0 Å². The predicted molar refractivity (Wildman–Crippen MR) is 72.8 cm³/mol. The summed E-state index contributed by atoms with van der Waals surface area (Å²) in [7, 11) is -4.16. The molecule has 0 aliphatic heterocycles. The van der Waals surface area contributed by atoms with Crippen molar-refractivity contribution in [3.63, 3.8) is 0 Å². The van der Waals surface area contributed by atoms with E-state index in [0.717, 1.165) is 6.20 Å². The maximum Gasteiger partial charge on any atom is 0.273 e. The van der Waals surface area contributed by atoms with Crippen molar-refractivity contribution in [3.05, 3.63) is 40.0 Å². The number of anilines is 1. The van der Waals surface area contributed by atoms with Crippen molar-refractivity contribution in [2.24, 2.45) is 5.73 Å². The second-order valence-electron chi connectivity index (χ2n) is 3.71. The summed E-state index contributed by atoms with van der Waals surface area (Å²) < 4.78 is 52.4. The van der Waals surface area contributed by atoms with Gasteiger partial charge in [0.05, 0.1) is 17.4 Å². The zero-order valence-corrected chi connectivity index (χ0v) is 12.3. The zero-order valence-electron chi connectivity index (χ0n) is 9.93. The predicted octanol–water partition coefficient (Wildman–Crippen LogP) is 1.97. The van der Waals surface area contributed by atoms with Gasteiger partial charge in [-0.2, -0.15) is 0 Å². The molecule has 0 saturated heterocycles. The molecule has 6 nitrogen and oxygen atoms in total. The van der Waals surface area contributed by atoms with Gasteiger partial charge < -0.3 is 5.73 Å². The van der Waals surface area contributed by atoms with Gasteiger partial charge in [-0.05, 0) is 6.07 Å². The molecule has 21 heavy (non-hydrogen) atoms. The Bertz CT molecular complexity index is 823. The maximum atomic E-state index is 13.6. The van der Waals surface area contributed by atoms with Crippen LogP contribution in [0, 0.1) is 11.6 Å². The molecule has 0 atom stereocenters. The number of nitrogens with two attached hydrogens (primary N) is 1. The van der Waals surface area contributed by atoms with E-state index >= 15 is 0 Å². The van der Waals surface area contributed by atoms with Crippen molar-refractivity contribution >= 4 is 44.6 Å². The van der Waals surface area contributed by atoms with Crippen LogP contribution in [-0.2, 0) is 10.0 Å². The SMILES string of the molecule is NC(=O)c1cc(NS(=O)(=O)c2cnc(Cl)s2)c(F)cc1F. The lowest BCUT2D eigenvalue weighted by atomic mass is 10.2. The molecule has 0 fully saturated rings. The van der Waals surface area contributed by atoms with Crippen LogP contribution < -0.4 is 10.5 Å². The van der Waals surface area contributed by atoms with Crippen molar-refractivity contribution in [1.29, 1.82) is 0 Å². The maximum absolute atomic E-state index is 13.6. The lowest BCUT2D eigenvalue weighted by molar-refractivity contribution is 0.0996. The first-order chi connectivity index (χ1) is 9.70. The van der Waals surface area contributed by atoms with Crippen LogP contribution in [0.5, 0.6) is 0 Å². The molecule has 112 valence electrons. The molecule has 0 radical (unpaired) electrons. The second kappa shape index (κ2) is 5.54. The molecule has 11 heteroatoms. The first kappa shape index (κ1) is 15.6. The number of primary amides is 1. The van der Waals surface area contributed by atoms with Gasteiger partial charge in [-0.1, -0.05) is 22.9 Å². The Morgan fingerprint density at radius 3 is 2.52 bits per heavy atom. The minimum absolute atomic E-state index is 0.0206. The molecule has 0 unspecified atom stereocenters. The van der Waals surface area contributed by atoms with Crippen molar-refractivity contribution in [2.75, 3.05) is 4.72 Å². The van der Waals surface area contributed by atoms with Crippen molar-refractivity contribution in [3.8, 4) is 0 Å². The number of carbonyl (C=O) groups is 1. The summed E-state index contributed by atoms with van der Waals surface area (Å²) in [6.45, 7) is 0. The van der Waals surface area contributed by atoms with Crippen LogP contribution in [0.4, 0.5) is 14.5 Å². The number of carbonyl (C=O) groups excluding carboxylic acids is 1. The van der Waals surface area contributed by atoms with Gasteiger partial charge in [-0.15, -0.1) is 0 Å². The van der Waals surface area contributed by atoms with Crippen molar-refractivity contribution in [2.45, 2.75) is 4.21 Å². The Kier molecular flexibility index (Phi) is 4.12. The molecule has 1 aromatic carbocycles. The molecule has 3 N–H and O–H groups in total. The number of hydrogen-bond donors (Lipinski definition) is 2. The number of thiazole rings is 1. The molecule has 0 spiro atoms. The van der Waals surface area contributed by atoms with E-state index in [1.54, 1.807) is 0 Å². The van der Waals surface area contributed by atoms with E-state index in [2.05, 4.69) is 4.98 Å². The third kappa shape index (κ3) is 3.28. The Morgan fingerprint density at radius 1 is 1.33 bits per heavy atom. The number of benzene rings is 1. The number of rotatable bonds is 4. The normalized spacial score (nSPS) is 11.4. The second-order valence-corrected chi connectivity index (χ2v) is 7.24. The monoisotopic (exact) mass is 353 g/mol. The highest BCUT2D eigenvalue weighted by molar-refractivity contribution is 7.94. The lowest BCUT2D eigenvalue weighted by Gasteiger charge is -2.09. The standard InChI is InChI=1S/C10H6ClF2N3O3S2/c11-10-15-3-8(20-10)21(18,19)16-7-1-4(9(14)17)5(12)2-6(7)13/h1-3,16H,(H2,14,17). The van der Waals surface area contributed by atoms with Crippen LogP contribution in [-0.4, -0.2) is 19.3 Å². The van der Waals surface area contributed by atoms with Crippen LogP contribution in [0.1, 0.15) is 10.4 Å². The van der Waals surface area contributed by atoms with E-state index < -0.39 is 38.8 Å². The number of nitrogens with zero attached hydrogens (tertiary/aromatic N) is 1. The average Bonchev–Trinajstić information content (AvgIpc) is 2.79. The van der Waals surface area contributed by atoms with Gasteiger partial charge in [0.1, 0.15) is 11.6 Å². The van der Waals surface area contributed by atoms with E-state index in [1.165, 1.54) is 0 Å². The smallest absolute Gasteiger partial charge is 0.273 e. The summed E-state index contributed by atoms with van der Waals surface area (Å²) in [6, 6.07) is 1.03. The quantitative estimate of drug-likeness (QED) is 0.877. The fourth-order valence-electron chi connectivity index (χ4n) is 1.37. The molecule has 2 rings (SSSR count). The minimum Gasteiger partial charge on any atom is -0.366 e. The molecule has 1 aromatic heterocycles. The fraction of sp³-hybridized carbons (Fsp3) is 0. The fourth-order valence-corrected chi connectivity index (χ4v) is 3.73. The number of amides is 1. The molecule has 0 aliphatic rings. The number of nitrogens with one attached hydrogen (secondary N) is 1. The van der Waals surface area contributed by atoms with E-state index in [1.807, 2.05) is 4.72 Å². The van der Waals surface area contributed by atoms with E-state index in [-0.39, 0.29) is 8.68 Å². The lowest BCUT2D eigenvalue weighted by Crippen LogP contribution is -2.17. The van der Waals surface area contributed by atoms with Crippen LogP contribution in [0.3, 0.4) is 0 Å². The van der Waals surface area contributed by atoms with E-state index in [4.69, 9.17) is 17.3 Å². The molecule has 0 saturated carbocycles. The third-order valence-electron chi connectivity index (χ3n) is 2.29. The highest BCUT2D eigenvalue weighted by atomic mass is 35.5. The van der Waals surface area contributed by atoms with Crippen LogP contribution >= 0.6 is 22.9 Å². The van der Waals surface area contributed by atoms with Crippen LogP contribution in [0.25, 0.3) is 0 Å². The zero-order chi connectivity index (χ0) is 15.8. The molecule has 1 amide bonds. The molecule has 0 bridgehead atoms. The van der Waals surface area contributed by atoms with Crippen molar-refractivity contribution in [1.82, 2.24) is 4.98 Å². The molecular formula is C10H6ClF2N3O3S2. The highest BCUT2D eigenvalue weighted by Gasteiger charge is 2.21. The molecule has 0 aliphatic carbocycles. The summed E-state index contributed by atoms with van der Waals surface area (Å²) in [5.74, 6) is -3.55. The first-order valence-corrected chi connectivity index (χ1v) is 7.81. The van der Waals surface area contributed by atoms with Crippen LogP contribution in [0.15, 0.2) is 22.5 Å². The summed E-state index contributed by atoms with van der Waals surface area (Å²) in [6.07, 6.45) is 0.978. The Hall–Kier alpha value is -1.78. The van der Waals surface area contributed by atoms with Gasteiger partial charge in [0.15, 0.2) is 8.68 Å². The third-order valence-corrected chi connectivity index (χ3v) is 5.23. The van der Waals surface area contributed by atoms with Crippen molar-refractivity contribution < 1.29 is 22.0 Å². The summed E-state index contributed by atoms with van der Waals surface area (Å²) in [4.78, 5) is 14.5. The molecule has 1 heterocycles. The summed E-state index contributed by atoms with van der Waals surface area (Å²) >= 11 is 6.17. The highest BCUT2D eigenvalue weighted by Crippen LogP contribution is 2.26. The largest absolute Gasteiger partial charge is 0.366 e. The Balaban J connectivity index is 2.44. The summed E-state index contributed by atoms with van der Waals surface area (Å²) in [5, 5.41) is 0. The average molecular weight is 354 g/mol. The van der Waals surface area contributed by atoms with Gasteiger partial charge >= 0.3 is 0 Å². The molecule has 2 aromatic rings. The Morgan fingerprint density at radius 2 is 2.00 bits per heavy atom. The number of halogens is 3. The summed E-state index contributed by atoms with van der Waals surface area (Å²) in [5.41, 5.74) is 3.65. The number of sulfonamides is 1. The minimum atomic E-state index is -4.16. The van der Waals surface area contributed by atoms with Crippen LogP contribution in [0.2, 0.25) is 4.47 Å². The van der Waals surface area contributed by atoms with Gasteiger partial charge in [0, 0.05) is 6.07 Å². The molecular weight excluding hydrogens is 348 g/mol. The first-order valence-electron chi connectivity index (χ1n) is 5.13. The number of hydrogen-bond acceptors (Lipinski definition) is 5. The van der Waals surface area contributed by atoms with Gasteiger partial charge in [0.2, 0.25) is 0 Å². The van der Waals surface area contributed by atoms with Gasteiger partial charge in [0.25, 0.3) is 15.9 Å².